The third kappa shape index (κ3) is 8.34. The maximum Gasteiger partial charge on any atom is 0.253 e. The summed E-state index contributed by atoms with van der Waals surface area (Å²) in [4.78, 5) is 38.0. The van der Waals surface area contributed by atoms with E-state index in [4.69, 9.17) is 10.4 Å². The third-order valence-electron chi connectivity index (χ3n) is 6.64. The highest BCUT2D eigenvalue weighted by Gasteiger charge is 2.19. The first-order valence-electron chi connectivity index (χ1n) is 13.7. The second kappa shape index (κ2) is 14.0. The average Bonchev–Trinajstić information content (AvgIpc) is 2.87. The van der Waals surface area contributed by atoms with Gasteiger partial charge in [-0.1, -0.05) is 24.3 Å². The molecule has 0 spiro atoms. The molecule has 2 heterocycles. The number of amides is 1. The number of rotatable bonds is 13. The van der Waals surface area contributed by atoms with Crippen molar-refractivity contribution in [1.82, 2.24) is 25.1 Å². The Morgan fingerprint density at radius 1 is 1.10 bits per heavy atom. The molecule has 9 nitrogen and oxygen atoms in total. The number of H-pyrrole nitrogens is 1. The maximum absolute atomic E-state index is 13.4. The van der Waals surface area contributed by atoms with Crippen molar-refractivity contribution in [2.45, 2.75) is 53.2 Å². The second-order valence-electron chi connectivity index (χ2n) is 11.0. The Labute approximate surface area is 237 Å². The highest BCUT2D eigenvalue weighted by atomic mass is 16.1. The number of pyridine rings is 2. The Balaban J connectivity index is 1.87. The molecule has 40 heavy (non-hydrogen) atoms. The van der Waals surface area contributed by atoms with Crippen LogP contribution in [0, 0.1) is 19.3 Å². The zero-order chi connectivity index (χ0) is 29.4. The standard InChI is InChI=1S/C31H43N7O2/c1-20(2)34-29-26(17-32)25(30(39)33-18-27-21(3)15-22(4)35-31(27)40)16-28(36-29)24-11-9-23(10-12-24)19-38(7)14-8-13-37(5)6/h9-12,15-17,20,32H,8,13-14,18-19H2,1-7H3,(H,33,39)(H,34,36)(H,35,40). The number of hydrogen-bond acceptors (Lipinski definition) is 7. The van der Waals surface area contributed by atoms with Crippen LogP contribution in [0.4, 0.5) is 5.82 Å². The van der Waals surface area contributed by atoms with Crippen molar-refractivity contribution in [3.8, 4) is 11.3 Å². The van der Waals surface area contributed by atoms with Crippen LogP contribution in [-0.2, 0) is 13.1 Å². The molecule has 2 aromatic heterocycles. The zero-order valence-corrected chi connectivity index (χ0v) is 24.8. The van der Waals surface area contributed by atoms with Crippen LogP contribution in [-0.4, -0.2) is 72.2 Å². The van der Waals surface area contributed by atoms with E-state index >= 15 is 0 Å². The molecule has 0 saturated carbocycles. The van der Waals surface area contributed by atoms with E-state index in [2.05, 4.69) is 58.7 Å². The summed E-state index contributed by atoms with van der Waals surface area (Å²) < 4.78 is 0. The van der Waals surface area contributed by atoms with Gasteiger partial charge in [0.2, 0.25) is 0 Å². The van der Waals surface area contributed by atoms with E-state index in [0.717, 1.165) is 49.1 Å². The first-order chi connectivity index (χ1) is 19.0. The van der Waals surface area contributed by atoms with Crippen LogP contribution in [0.1, 0.15) is 58.6 Å². The van der Waals surface area contributed by atoms with Crippen molar-refractivity contribution in [2.24, 2.45) is 0 Å². The topological polar surface area (TPSA) is 117 Å². The van der Waals surface area contributed by atoms with Gasteiger partial charge in [-0.05, 0) is 91.6 Å². The number of anilines is 1. The molecule has 0 bridgehead atoms. The monoisotopic (exact) mass is 545 g/mol. The highest BCUT2D eigenvalue weighted by Crippen LogP contribution is 2.26. The van der Waals surface area contributed by atoms with Crippen LogP contribution >= 0.6 is 0 Å². The van der Waals surface area contributed by atoms with Crippen LogP contribution in [0.3, 0.4) is 0 Å². The van der Waals surface area contributed by atoms with Crippen LogP contribution in [0.25, 0.3) is 11.3 Å². The van der Waals surface area contributed by atoms with Gasteiger partial charge in [-0.25, -0.2) is 4.98 Å². The van der Waals surface area contributed by atoms with E-state index in [1.165, 1.54) is 5.56 Å². The number of nitrogens with one attached hydrogen (secondary N) is 4. The lowest BCUT2D eigenvalue weighted by Crippen LogP contribution is -2.29. The Hall–Kier alpha value is -3.82. The summed E-state index contributed by atoms with van der Waals surface area (Å²) >= 11 is 0. The lowest BCUT2D eigenvalue weighted by atomic mass is 10.0. The molecule has 0 aliphatic carbocycles. The number of aromatic nitrogens is 2. The molecule has 0 saturated heterocycles. The molecule has 9 heteroatoms. The summed E-state index contributed by atoms with van der Waals surface area (Å²) in [6.45, 7) is 10.7. The molecule has 0 atom stereocenters. The van der Waals surface area contributed by atoms with Crippen LogP contribution < -0.4 is 16.2 Å². The lowest BCUT2D eigenvalue weighted by Gasteiger charge is -2.19. The van der Waals surface area contributed by atoms with Gasteiger partial charge in [-0.3, -0.25) is 9.59 Å². The Morgan fingerprint density at radius 3 is 2.40 bits per heavy atom. The Bertz CT molecular complexity index is 1380. The van der Waals surface area contributed by atoms with Crippen molar-refractivity contribution in [3.05, 3.63) is 80.3 Å². The van der Waals surface area contributed by atoms with Gasteiger partial charge in [-0.2, -0.15) is 0 Å². The average molecular weight is 546 g/mol. The third-order valence-corrected chi connectivity index (χ3v) is 6.64. The van der Waals surface area contributed by atoms with Crippen molar-refractivity contribution in [3.63, 3.8) is 0 Å². The molecule has 0 fully saturated rings. The molecule has 0 unspecified atom stereocenters. The Morgan fingerprint density at radius 2 is 1.80 bits per heavy atom. The first kappa shape index (κ1) is 30.7. The molecule has 0 aliphatic heterocycles. The summed E-state index contributed by atoms with van der Waals surface area (Å²) in [5.41, 5.74) is 5.32. The number of carbonyl (C=O) groups excluding carboxylic acids is 1. The molecule has 0 aliphatic rings. The first-order valence-corrected chi connectivity index (χ1v) is 13.7. The second-order valence-corrected chi connectivity index (χ2v) is 11.0. The van der Waals surface area contributed by atoms with E-state index in [9.17, 15) is 9.59 Å². The number of hydrogen-bond donors (Lipinski definition) is 4. The molecule has 214 valence electrons. The fourth-order valence-corrected chi connectivity index (χ4v) is 4.61. The molecular weight excluding hydrogens is 502 g/mol. The van der Waals surface area contributed by atoms with Gasteiger partial charge in [0, 0.05) is 47.7 Å². The minimum absolute atomic E-state index is 0.0523. The van der Waals surface area contributed by atoms with Gasteiger partial charge in [0.1, 0.15) is 5.82 Å². The van der Waals surface area contributed by atoms with Crippen LogP contribution in [0.2, 0.25) is 0 Å². The van der Waals surface area contributed by atoms with Crippen LogP contribution in [0.15, 0.2) is 41.2 Å². The fraction of sp³-hybridized carbons (Fsp3) is 0.419. The molecule has 4 N–H and O–H groups in total. The summed E-state index contributed by atoms with van der Waals surface area (Å²) in [5.74, 6) is 0.103. The van der Waals surface area contributed by atoms with Crippen LogP contribution in [0.5, 0.6) is 0 Å². The SMILES string of the molecule is Cc1cc(C)c(CNC(=O)c2cc(-c3ccc(CN(C)CCCN(C)C)cc3)nc(NC(C)C)c2C=N)c(=O)[nH]1. The summed E-state index contributed by atoms with van der Waals surface area (Å²) in [7, 11) is 6.30. The van der Waals surface area contributed by atoms with Gasteiger partial charge in [-0.15, -0.1) is 0 Å². The van der Waals surface area contributed by atoms with E-state index in [-0.39, 0.29) is 24.1 Å². The van der Waals surface area contributed by atoms with Crippen molar-refractivity contribution in [2.75, 3.05) is 39.5 Å². The highest BCUT2D eigenvalue weighted by molar-refractivity contribution is 6.05. The maximum atomic E-state index is 13.4. The van der Waals surface area contributed by atoms with Gasteiger partial charge < -0.3 is 30.8 Å². The number of aromatic amines is 1. The quantitative estimate of drug-likeness (QED) is 0.239. The normalized spacial score (nSPS) is 11.3. The Kier molecular flexibility index (Phi) is 10.8. The number of nitrogens with zero attached hydrogens (tertiary/aromatic N) is 3. The summed E-state index contributed by atoms with van der Waals surface area (Å²) in [6, 6.07) is 11.9. The lowest BCUT2D eigenvalue weighted by molar-refractivity contribution is 0.0950. The van der Waals surface area contributed by atoms with Crippen molar-refractivity contribution in [1.29, 1.82) is 5.41 Å². The van der Waals surface area contributed by atoms with Gasteiger partial charge in [0.25, 0.3) is 11.5 Å². The number of benzene rings is 1. The van der Waals surface area contributed by atoms with E-state index < -0.39 is 0 Å². The summed E-state index contributed by atoms with van der Waals surface area (Å²) in [6.07, 6.45) is 2.26. The molecule has 1 aromatic carbocycles. The molecular formula is C31H43N7O2. The van der Waals surface area contributed by atoms with E-state index in [1.54, 1.807) is 6.07 Å². The van der Waals surface area contributed by atoms with Gasteiger partial charge in [0.05, 0.1) is 11.3 Å². The van der Waals surface area contributed by atoms with Gasteiger partial charge in [0.15, 0.2) is 0 Å². The van der Waals surface area contributed by atoms with Crippen molar-refractivity contribution < 1.29 is 4.79 Å². The fourth-order valence-electron chi connectivity index (χ4n) is 4.61. The number of carbonyl (C=O) groups is 1. The zero-order valence-electron chi connectivity index (χ0n) is 24.8. The minimum atomic E-state index is -0.371. The predicted molar refractivity (Wildman–Crippen MR) is 164 cm³/mol. The van der Waals surface area contributed by atoms with E-state index in [1.807, 2.05) is 45.9 Å². The van der Waals surface area contributed by atoms with Gasteiger partial charge >= 0.3 is 0 Å². The molecule has 3 rings (SSSR count). The smallest absolute Gasteiger partial charge is 0.253 e. The summed E-state index contributed by atoms with van der Waals surface area (Å²) in [5, 5.41) is 14.2. The molecule has 1 amide bonds. The van der Waals surface area contributed by atoms with E-state index in [0.29, 0.717) is 28.2 Å². The predicted octanol–water partition coefficient (Wildman–Crippen LogP) is 4.19. The minimum Gasteiger partial charge on any atom is -0.367 e. The largest absolute Gasteiger partial charge is 0.367 e. The van der Waals surface area contributed by atoms with Crippen molar-refractivity contribution >= 4 is 17.9 Å². The molecule has 3 aromatic rings. The molecule has 0 radical (unpaired) electrons. The number of aryl methyl sites for hydroxylation is 2.